The van der Waals surface area contributed by atoms with E-state index in [4.69, 9.17) is 10.2 Å². The smallest absolute Gasteiger partial charge is 0.201 e. The monoisotopic (exact) mass is 204 g/mol. The minimum atomic E-state index is -0.0201. The van der Waals surface area contributed by atoms with Crippen molar-refractivity contribution in [1.29, 1.82) is 0 Å². The Morgan fingerprint density at radius 2 is 2.13 bits per heavy atom. The van der Waals surface area contributed by atoms with E-state index >= 15 is 0 Å². The molecule has 0 amide bonds. The van der Waals surface area contributed by atoms with Crippen molar-refractivity contribution in [3.8, 4) is 0 Å². The van der Waals surface area contributed by atoms with E-state index in [9.17, 15) is 0 Å². The third-order valence-corrected chi connectivity index (χ3v) is 2.87. The summed E-state index contributed by atoms with van der Waals surface area (Å²) in [5.41, 5.74) is 8.04. The minimum Gasteiger partial charge on any atom is -0.440 e. The predicted octanol–water partition coefficient (Wildman–Crippen LogP) is 3.10. The van der Waals surface area contributed by atoms with Gasteiger partial charge in [0.15, 0.2) is 5.58 Å². The van der Waals surface area contributed by atoms with Gasteiger partial charge in [-0.1, -0.05) is 20.8 Å². The molecular weight excluding hydrogens is 188 g/mol. The van der Waals surface area contributed by atoms with E-state index in [1.807, 2.05) is 18.2 Å². The normalized spacial score (nSPS) is 12.2. The highest BCUT2D eigenvalue weighted by atomic mass is 16.3. The fourth-order valence-corrected chi connectivity index (χ4v) is 1.39. The first-order chi connectivity index (χ1) is 7.03. The molecule has 3 heteroatoms. The number of rotatable bonds is 2. The number of nitrogens with zero attached hydrogens (tertiary/aromatic N) is 1. The fraction of sp³-hybridized carbons (Fsp3) is 0.417. The van der Waals surface area contributed by atoms with Gasteiger partial charge in [0.05, 0.1) is 0 Å². The highest BCUT2D eigenvalue weighted by molar-refractivity contribution is 5.76. The van der Waals surface area contributed by atoms with E-state index in [0.29, 0.717) is 0 Å². The summed E-state index contributed by atoms with van der Waals surface area (Å²) in [6.45, 7) is 6.38. The van der Waals surface area contributed by atoms with Crippen molar-refractivity contribution in [2.45, 2.75) is 32.6 Å². The Balaban J connectivity index is 2.56. The molecule has 2 N–H and O–H groups in total. The summed E-state index contributed by atoms with van der Waals surface area (Å²) in [5, 5.41) is 0. The van der Waals surface area contributed by atoms with E-state index in [1.165, 1.54) is 0 Å². The maximum absolute atomic E-state index is 5.71. The SMILES string of the molecule is CCC(C)(C)c1nc2cc(N)ccc2o1. The van der Waals surface area contributed by atoms with Gasteiger partial charge in [-0.2, -0.15) is 0 Å². The quantitative estimate of drug-likeness (QED) is 0.765. The van der Waals surface area contributed by atoms with Crippen LogP contribution in [-0.2, 0) is 5.41 Å². The number of nitrogen functional groups attached to an aromatic ring is 1. The van der Waals surface area contributed by atoms with Crippen LogP contribution in [0.2, 0.25) is 0 Å². The fourth-order valence-electron chi connectivity index (χ4n) is 1.39. The molecule has 0 radical (unpaired) electrons. The first-order valence-electron chi connectivity index (χ1n) is 5.19. The lowest BCUT2D eigenvalue weighted by Crippen LogP contribution is -2.15. The molecule has 80 valence electrons. The molecular formula is C12H16N2O. The molecule has 0 atom stereocenters. The second-order valence-electron chi connectivity index (χ2n) is 4.48. The van der Waals surface area contributed by atoms with Gasteiger partial charge in [0.1, 0.15) is 5.52 Å². The van der Waals surface area contributed by atoms with Crippen molar-refractivity contribution in [1.82, 2.24) is 4.98 Å². The maximum atomic E-state index is 5.71. The summed E-state index contributed by atoms with van der Waals surface area (Å²) >= 11 is 0. The number of fused-ring (bicyclic) bond motifs is 1. The van der Waals surface area contributed by atoms with Gasteiger partial charge in [-0.25, -0.2) is 4.98 Å². The number of anilines is 1. The van der Waals surface area contributed by atoms with Crippen molar-refractivity contribution < 1.29 is 4.42 Å². The average Bonchev–Trinajstić information content (AvgIpc) is 2.61. The van der Waals surface area contributed by atoms with E-state index < -0.39 is 0 Å². The van der Waals surface area contributed by atoms with Gasteiger partial charge < -0.3 is 10.2 Å². The van der Waals surface area contributed by atoms with Gasteiger partial charge >= 0.3 is 0 Å². The van der Waals surface area contributed by atoms with Gasteiger partial charge in [0, 0.05) is 11.1 Å². The van der Waals surface area contributed by atoms with Crippen LogP contribution in [0.3, 0.4) is 0 Å². The summed E-state index contributed by atoms with van der Waals surface area (Å²) < 4.78 is 5.71. The molecule has 0 saturated heterocycles. The van der Waals surface area contributed by atoms with Gasteiger partial charge in [0.2, 0.25) is 5.89 Å². The minimum absolute atomic E-state index is 0.0201. The molecule has 0 fully saturated rings. The summed E-state index contributed by atoms with van der Waals surface area (Å²) in [5.74, 6) is 0.783. The van der Waals surface area contributed by atoms with E-state index in [-0.39, 0.29) is 5.41 Å². The van der Waals surface area contributed by atoms with Crippen LogP contribution >= 0.6 is 0 Å². The number of nitrogens with two attached hydrogens (primary N) is 1. The Kier molecular flexibility index (Phi) is 2.18. The first kappa shape index (κ1) is 10.0. The standard InChI is InChI=1S/C12H16N2O/c1-4-12(2,3)11-14-9-7-8(13)5-6-10(9)15-11/h5-7H,4,13H2,1-3H3. The average molecular weight is 204 g/mol. The Bertz CT molecular complexity index is 485. The molecule has 0 spiro atoms. The number of benzene rings is 1. The summed E-state index contributed by atoms with van der Waals surface area (Å²) in [4.78, 5) is 4.47. The lowest BCUT2D eigenvalue weighted by Gasteiger charge is -2.16. The van der Waals surface area contributed by atoms with Gasteiger partial charge in [-0.05, 0) is 24.6 Å². The Morgan fingerprint density at radius 1 is 1.40 bits per heavy atom. The zero-order valence-corrected chi connectivity index (χ0v) is 9.37. The maximum Gasteiger partial charge on any atom is 0.201 e. The Hall–Kier alpha value is -1.51. The highest BCUT2D eigenvalue weighted by Crippen LogP contribution is 2.29. The second-order valence-corrected chi connectivity index (χ2v) is 4.48. The van der Waals surface area contributed by atoms with Gasteiger partial charge in [-0.3, -0.25) is 0 Å². The number of hydrogen-bond acceptors (Lipinski definition) is 3. The van der Waals surface area contributed by atoms with Crippen LogP contribution in [0.5, 0.6) is 0 Å². The van der Waals surface area contributed by atoms with Crippen LogP contribution in [-0.4, -0.2) is 4.98 Å². The van der Waals surface area contributed by atoms with Crippen molar-refractivity contribution in [2.24, 2.45) is 0 Å². The summed E-state index contributed by atoms with van der Waals surface area (Å²) in [6.07, 6.45) is 0.995. The van der Waals surface area contributed by atoms with Crippen LogP contribution in [0, 0.1) is 0 Å². The molecule has 1 heterocycles. The highest BCUT2D eigenvalue weighted by Gasteiger charge is 2.24. The number of hydrogen-bond donors (Lipinski definition) is 1. The molecule has 0 bridgehead atoms. The molecule has 2 rings (SSSR count). The third-order valence-electron chi connectivity index (χ3n) is 2.87. The zero-order valence-electron chi connectivity index (χ0n) is 9.37. The lowest BCUT2D eigenvalue weighted by molar-refractivity contribution is 0.374. The predicted molar refractivity (Wildman–Crippen MR) is 61.7 cm³/mol. The van der Waals surface area contributed by atoms with E-state index in [0.717, 1.165) is 29.1 Å². The van der Waals surface area contributed by atoms with E-state index in [2.05, 4.69) is 25.8 Å². The van der Waals surface area contributed by atoms with Crippen molar-refractivity contribution in [2.75, 3.05) is 5.73 Å². The van der Waals surface area contributed by atoms with Crippen LogP contribution in [0.25, 0.3) is 11.1 Å². The molecule has 15 heavy (non-hydrogen) atoms. The topological polar surface area (TPSA) is 52.0 Å². The lowest BCUT2D eigenvalue weighted by atomic mass is 9.90. The summed E-state index contributed by atoms with van der Waals surface area (Å²) in [7, 11) is 0. The van der Waals surface area contributed by atoms with Crippen molar-refractivity contribution >= 4 is 16.8 Å². The molecule has 0 aliphatic carbocycles. The van der Waals surface area contributed by atoms with Crippen LogP contribution in [0.1, 0.15) is 33.1 Å². The second kappa shape index (κ2) is 3.26. The van der Waals surface area contributed by atoms with Gasteiger partial charge in [-0.15, -0.1) is 0 Å². The molecule has 1 aromatic heterocycles. The molecule has 1 aromatic carbocycles. The number of oxazole rings is 1. The van der Waals surface area contributed by atoms with Crippen LogP contribution < -0.4 is 5.73 Å². The number of aromatic nitrogens is 1. The molecule has 0 unspecified atom stereocenters. The van der Waals surface area contributed by atoms with Crippen LogP contribution in [0.4, 0.5) is 5.69 Å². The Labute approximate surface area is 89.3 Å². The summed E-state index contributed by atoms with van der Waals surface area (Å²) in [6, 6.07) is 5.54. The third kappa shape index (κ3) is 1.69. The molecule has 0 aliphatic heterocycles. The van der Waals surface area contributed by atoms with Crippen molar-refractivity contribution in [3.63, 3.8) is 0 Å². The molecule has 0 saturated carbocycles. The van der Waals surface area contributed by atoms with Gasteiger partial charge in [0.25, 0.3) is 0 Å². The Morgan fingerprint density at radius 3 is 2.80 bits per heavy atom. The largest absolute Gasteiger partial charge is 0.440 e. The van der Waals surface area contributed by atoms with E-state index in [1.54, 1.807) is 0 Å². The van der Waals surface area contributed by atoms with Crippen molar-refractivity contribution in [3.05, 3.63) is 24.1 Å². The molecule has 3 nitrogen and oxygen atoms in total. The zero-order chi connectivity index (χ0) is 11.1. The first-order valence-corrected chi connectivity index (χ1v) is 5.19. The molecule has 0 aliphatic rings. The molecule has 2 aromatic rings. The van der Waals surface area contributed by atoms with Crippen LogP contribution in [0.15, 0.2) is 22.6 Å².